The Hall–Kier alpha value is -0.0800. The second kappa shape index (κ2) is 5.04. The molecule has 2 saturated carbocycles. The van der Waals surface area contributed by atoms with Crippen LogP contribution in [-0.2, 0) is 0 Å². The summed E-state index contributed by atoms with van der Waals surface area (Å²) in [5.41, 5.74) is 7.06. The van der Waals surface area contributed by atoms with Crippen LogP contribution in [-0.4, -0.2) is 29.6 Å². The fourth-order valence-electron chi connectivity index (χ4n) is 5.58. The maximum atomic E-state index is 6.36. The van der Waals surface area contributed by atoms with Gasteiger partial charge in [0.1, 0.15) is 0 Å². The first kappa shape index (κ1) is 13.9. The number of nitrogens with two attached hydrogens (primary N) is 1. The van der Waals surface area contributed by atoms with Gasteiger partial charge in [-0.15, -0.1) is 0 Å². The highest BCUT2D eigenvalue weighted by atomic mass is 15.3. The molecule has 2 heteroatoms. The van der Waals surface area contributed by atoms with E-state index in [2.05, 4.69) is 18.7 Å². The lowest BCUT2D eigenvalue weighted by molar-refractivity contribution is -0.0686. The highest BCUT2D eigenvalue weighted by Gasteiger charge is 2.54. The standard InChI is InChI=1S/C17H32N2/c1-16(2)10-6-11-17(16,13-18)19-12-5-8-14-7-3-4-9-15(14)19/h14-15H,3-13,18H2,1-2H3/t14-,15-,17?/m1/s1. The van der Waals surface area contributed by atoms with Gasteiger partial charge in [-0.25, -0.2) is 0 Å². The number of rotatable bonds is 2. The predicted octanol–water partition coefficient (Wildman–Crippen LogP) is 3.55. The molecule has 2 N–H and O–H groups in total. The molecule has 0 aromatic rings. The lowest BCUT2D eigenvalue weighted by Gasteiger charge is -2.57. The van der Waals surface area contributed by atoms with Crippen LogP contribution >= 0.6 is 0 Å². The Labute approximate surface area is 119 Å². The first-order valence-electron chi connectivity index (χ1n) is 8.58. The van der Waals surface area contributed by atoms with Crippen molar-refractivity contribution in [3.63, 3.8) is 0 Å². The van der Waals surface area contributed by atoms with Crippen molar-refractivity contribution in [2.24, 2.45) is 17.1 Å². The zero-order valence-corrected chi connectivity index (χ0v) is 13.0. The maximum Gasteiger partial charge on any atom is 0.0385 e. The zero-order chi connectivity index (χ0) is 13.5. The van der Waals surface area contributed by atoms with Crippen LogP contribution in [0.1, 0.15) is 71.6 Å². The summed E-state index contributed by atoms with van der Waals surface area (Å²) in [6.07, 6.45) is 12.8. The van der Waals surface area contributed by atoms with Gasteiger partial charge >= 0.3 is 0 Å². The molecular weight excluding hydrogens is 232 g/mol. The van der Waals surface area contributed by atoms with E-state index in [1.165, 1.54) is 64.3 Å². The molecule has 1 heterocycles. The number of likely N-dealkylation sites (tertiary alicyclic amines) is 1. The third-order valence-electron chi connectivity index (χ3n) is 6.78. The zero-order valence-electron chi connectivity index (χ0n) is 13.0. The molecule has 1 unspecified atom stereocenters. The molecule has 3 atom stereocenters. The van der Waals surface area contributed by atoms with Gasteiger partial charge in [0, 0.05) is 18.1 Å². The van der Waals surface area contributed by atoms with Crippen LogP contribution in [0.25, 0.3) is 0 Å². The molecule has 110 valence electrons. The average molecular weight is 264 g/mol. The minimum absolute atomic E-state index is 0.299. The molecule has 1 aliphatic heterocycles. The molecule has 0 bridgehead atoms. The largest absolute Gasteiger partial charge is 0.329 e. The topological polar surface area (TPSA) is 29.3 Å². The van der Waals surface area contributed by atoms with Crippen molar-refractivity contribution in [2.75, 3.05) is 13.1 Å². The molecule has 0 radical (unpaired) electrons. The molecule has 3 rings (SSSR count). The van der Waals surface area contributed by atoms with Gasteiger partial charge in [0.15, 0.2) is 0 Å². The normalized spacial score (nSPS) is 43.1. The van der Waals surface area contributed by atoms with Crippen LogP contribution in [0, 0.1) is 11.3 Å². The highest BCUT2D eigenvalue weighted by molar-refractivity contribution is 5.10. The third-order valence-corrected chi connectivity index (χ3v) is 6.78. The summed E-state index contributed by atoms with van der Waals surface area (Å²) in [5.74, 6) is 0.974. The van der Waals surface area contributed by atoms with Crippen LogP contribution in [0.2, 0.25) is 0 Å². The summed E-state index contributed by atoms with van der Waals surface area (Å²) >= 11 is 0. The van der Waals surface area contributed by atoms with Gasteiger partial charge < -0.3 is 5.73 Å². The fraction of sp³-hybridized carbons (Fsp3) is 1.00. The number of hydrogen-bond donors (Lipinski definition) is 1. The average Bonchev–Trinajstić information content (AvgIpc) is 2.73. The van der Waals surface area contributed by atoms with Crippen molar-refractivity contribution >= 4 is 0 Å². The number of nitrogens with zero attached hydrogens (tertiary/aromatic N) is 1. The second-order valence-corrected chi connectivity index (χ2v) is 7.92. The molecule has 0 aromatic heterocycles. The van der Waals surface area contributed by atoms with Crippen LogP contribution < -0.4 is 5.73 Å². The number of piperidine rings is 1. The number of fused-ring (bicyclic) bond motifs is 1. The van der Waals surface area contributed by atoms with Gasteiger partial charge in [-0.3, -0.25) is 4.90 Å². The quantitative estimate of drug-likeness (QED) is 0.826. The third kappa shape index (κ3) is 2.06. The van der Waals surface area contributed by atoms with Crippen LogP contribution in [0.4, 0.5) is 0 Å². The van der Waals surface area contributed by atoms with E-state index < -0.39 is 0 Å². The summed E-state index contributed by atoms with van der Waals surface area (Å²) in [4.78, 5) is 2.91. The van der Waals surface area contributed by atoms with Gasteiger partial charge in [0.2, 0.25) is 0 Å². The minimum atomic E-state index is 0.299. The first-order chi connectivity index (χ1) is 9.11. The Morgan fingerprint density at radius 1 is 1.00 bits per heavy atom. The Morgan fingerprint density at radius 3 is 2.42 bits per heavy atom. The smallest absolute Gasteiger partial charge is 0.0385 e. The van der Waals surface area contributed by atoms with Crippen molar-refractivity contribution in [3.8, 4) is 0 Å². The van der Waals surface area contributed by atoms with Gasteiger partial charge in [-0.1, -0.05) is 33.1 Å². The van der Waals surface area contributed by atoms with Gasteiger partial charge in [-0.2, -0.15) is 0 Å². The van der Waals surface area contributed by atoms with E-state index in [9.17, 15) is 0 Å². The van der Waals surface area contributed by atoms with Crippen molar-refractivity contribution in [1.82, 2.24) is 4.90 Å². The monoisotopic (exact) mass is 264 g/mol. The summed E-state index contributed by atoms with van der Waals surface area (Å²) in [5, 5.41) is 0. The van der Waals surface area contributed by atoms with E-state index in [0.29, 0.717) is 11.0 Å². The predicted molar refractivity (Wildman–Crippen MR) is 81.1 cm³/mol. The first-order valence-corrected chi connectivity index (χ1v) is 8.58. The van der Waals surface area contributed by atoms with Crippen molar-refractivity contribution in [3.05, 3.63) is 0 Å². The van der Waals surface area contributed by atoms with E-state index in [-0.39, 0.29) is 0 Å². The van der Waals surface area contributed by atoms with E-state index in [1.807, 2.05) is 0 Å². The molecule has 0 spiro atoms. The van der Waals surface area contributed by atoms with Gasteiger partial charge in [-0.05, 0) is 56.4 Å². The van der Waals surface area contributed by atoms with Crippen molar-refractivity contribution in [2.45, 2.75) is 83.2 Å². The van der Waals surface area contributed by atoms with Crippen LogP contribution in [0.15, 0.2) is 0 Å². The van der Waals surface area contributed by atoms with E-state index >= 15 is 0 Å². The Balaban J connectivity index is 1.89. The summed E-state index contributed by atoms with van der Waals surface area (Å²) in [7, 11) is 0. The number of hydrogen-bond acceptors (Lipinski definition) is 2. The molecule has 19 heavy (non-hydrogen) atoms. The van der Waals surface area contributed by atoms with Gasteiger partial charge in [0.05, 0.1) is 0 Å². The molecule has 0 aromatic carbocycles. The second-order valence-electron chi connectivity index (χ2n) is 7.92. The molecule has 3 aliphatic rings. The Morgan fingerprint density at radius 2 is 1.74 bits per heavy atom. The van der Waals surface area contributed by atoms with E-state index in [4.69, 9.17) is 5.73 Å². The summed E-state index contributed by atoms with van der Waals surface area (Å²) < 4.78 is 0. The molecule has 2 nitrogen and oxygen atoms in total. The van der Waals surface area contributed by atoms with Crippen LogP contribution in [0.3, 0.4) is 0 Å². The minimum Gasteiger partial charge on any atom is -0.329 e. The molecule has 1 saturated heterocycles. The lowest BCUT2D eigenvalue weighted by Crippen LogP contribution is -2.65. The summed E-state index contributed by atoms with van der Waals surface area (Å²) in [6.45, 7) is 7.11. The molecule has 3 fully saturated rings. The van der Waals surface area contributed by atoms with E-state index in [1.54, 1.807) is 0 Å². The SMILES string of the molecule is CC1(C)CCCC1(CN)N1CCC[C@H]2CCCC[C@H]21. The Kier molecular flexibility index (Phi) is 3.68. The lowest BCUT2D eigenvalue weighted by atomic mass is 9.69. The van der Waals surface area contributed by atoms with E-state index in [0.717, 1.165) is 18.5 Å². The highest BCUT2D eigenvalue weighted by Crippen LogP contribution is 2.52. The summed E-state index contributed by atoms with van der Waals surface area (Å²) in [6, 6.07) is 0.850. The fourth-order valence-corrected chi connectivity index (χ4v) is 5.58. The van der Waals surface area contributed by atoms with Gasteiger partial charge in [0.25, 0.3) is 0 Å². The van der Waals surface area contributed by atoms with Crippen molar-refractivity contribution < 1.29 is 0 Å². The molecule has 2 aliphatic carbocycles. The molecular formula is C17H32N2. The van der Waals surface area contributed by atoms with Crippen LogP contribution in [0.5, 0.6) is 0 Å². The maximum absolute atomic E-state index is 6.36. The molecule has 0 amide bonds. The Bertz CT molecular complexity index is 323. The van der Waals surface area contributed by atoms with Crippen molar-refractivity contribution in [1.29, 1.82) is 0 Å².